The Morgan fingerprint density at radius 1 is 0.781 bits per heavy atom. The summed E-state index contributed by atoms with van der Waals surface area (Å²) in [5, 5.41) is 9.81. The second-order valence-electron chi connectivity index (χ2n) is 7.20. The summed E-state index contributed by atoms with van der Waals surface area (Å²) in [6, 6.07) is 11.4. The van der Waals surface area contributed by atoms with E-state index in [1.165, 1.54) is 0 Å². The number of hydrogen-bond acceptors (Lipinski definition) is 8. The van der Waals surface area contributed by atoms with Crippen LogP contribution in [-0.2, 0) is 13.1 Å². The number of rotatable bonds is 10. The van der Waals surface area contributed by atoms with Crippen molar-refractivity contribution in [3.05, 3.63) is 65.5 Å². The van der Waals surface area contributed by atoms with Gasteiger partial charge in [0.25, 0.3) is 0 Å². The monoisotopic (exact) mass is 439 g/mol. The van der Waals surface area contributed by atoms with Crippen molar-refractivity contribution in [3.63, 3.8) is 0 Å². The van der Waals surface area contributed by atoms with Gasteiger partial charge in [-0.1, -0.05) is 0 Å². The summed E-state index contributed by atoms with van der Waals surface area (Å²) in [6.45, 7) is 2.65. The second kappa shape index (κ2) is 10.7. The fourth-order valence-corrected chi connectivity index (χ4v) is 3.28. The van der Waals surface area contributed by atoms with Crippen molar-refractivity contribution >= 4 is 5.95 Å². The van der Waals surface area contributed by atoms with Crippen LogP contribution in [0.2, 0.25) is 0 Å². The molecule has 0 bridgehead atoms. The quantitative estimate of drug-likeness (QED) is 0.511. The van der Waals surface area contributed by atoms with E-state index in [0.29, 0.717) is 47.6 Å². The van der Waals surface area contributed by atoms with Gasteiger partial charge in [0.1, 0.15) is 23.0 Å². The predicted molar refractivity (Wildman–Crippen MR) is 122 cm³/mol. The number of ether oxygens (including phenoxy) is 4. The van der Waals surface area contributed by atoms with Crippen LogP contribution in [0.25, 0.3) is 0 Å². The van der Waals surface area contributed by atoms with Crippen molar-refractivity contribution < 1.29 is 24.1 Å². The smallest absolute Gasteiger partial charge is 0.225 e. The molecule has 1 heterocycles. The van der Waals surface area contributed by atoms with Crippen LogP contribution in [0, 0.1) is 0 Å². The Morgan fingerprint density at radius 3 is 1.62 bits per heavy atom. The normalized spacial score (nSPS) is 11.6. The number of aliphatic hydroxyl groups excluding tert-OH is 1. The molecule has 0 saturated carbocycles. The third-order valence-corrected chi connectivity index (χ3v) is 5.13. The molecule has 0 radical (unpaired) electrons. The van der Waals surface area contributed by atoms with Crippen LogP contribution in [0.15, 0.2) is 48.8 Å². The lowest BCUT2D eigenvalue weighted by atomic mass is 10.1. The Hall–Kier alpha value is -3.52. The van der Waals surface area contributed by atoms with Crippen molar-refractivity contribution in [1.29, 1.82) is 0 Å². The van der Waals surface area contributed by atoms with Gasteiger partial charge in [-0.2, -0.15) is 0 Å². The van der Waals surface area contributed by atoms with Crippen molar-refractivity contribution in [2.24, 2.45) is 0 Å². The molecule has 0 saturated heterocycles. The molecule has 3 aromatic rings. The third kappa shape index (κ3) is 5.39. The lowest BCUT2D eigenvalue weighted by Crippen LogP contribution is -2.25. The first-order valence-corrected chi connectivity index (χ1v) is 10.2. The highest BCUT2D eigenvalue weighted by molar-refractivity contribution is 5.47. The van der Waals surface area contributed by atoms with E-state index in [1.54, 1.807) is 47.8 Å². The average Bonchev–Trinajstić information content (AvgIpc) is 2.83. The fraction of sp³-hybridized carbons (Fsp3) is 0.333. The van der Waals surface area contributed by atoms with Crippen LogP contribution in [0.4, 0.5) is 5.95 Å². The first-order valence-electron chi connectivity index (χ1n) is 10.2. The molecule has 1 N–H and O–H groups in total. The number of hydrogen-bond donors (Lipinski definition) is 1. The summed E-state index contributed by atoms with van der Waals surface area (Å²) < 4.78 is 21.8. The molecular formula is C24H29N3O5. The van der Waals surface area contributed by atoms with E-state index in [-0.39, 0.29) is 0 Å². The van der Waals surface area contributed by atoms with Crippen molar-refractivity contribution in [2.45, 2.75) is 26.1 Å². The van der Waals surface area contributed by atoms with Gasteiger partial charge in [-0.3, -0.25) is 0 Å². The third-order valence-electron chi connectivity index (χ3n) is 5.13. The molecule has 0 aliphatic carbocycles. The molecule has 3 rings (SSSR count). The fourth-order valence-electron chi connectivity index (χ4n) is 3.28. The van der Waals surface area contributed by atoms with Gasteiger partial charge in [-0.15, -0.1) is 0 Å². The topological polar surface area (TPSA) is 86.2 Å². The first-order chi connectivity index (χ1) is 15.5. The molecule has 1 unspecified atom stereocenters. The largest absolute Gasteiger partial charge is 0.497 e. The molecule has 32 heavy (non-hydrogen) atoms. The van der Waals surface area contributed by atoms with E-state index in [4.69, 9.17) is 18.9 Å². The molecule has 0 fully saturated rings. The van der Waals surface area contributed by atoms with Crippen molar-refractivity contribution in [3.8, 4) is 23.0 Å². The maximum absolute atomic E-state index is 9.81. The number of aliphatic hydroxyl groups is 1. The highest BCUT2D eigenvalue weighted by Crippen LogP contribution is 2.30. The standard InChI is InChI=1S/C24H29N3O5/c1-16(28)19-12-25-24(26-13-19)27(14-17-6-8-20(29-2)10-22(17)31-4)15-18-7-9-21(30-3)11-23(18)32-5/h6-13,16,28H,14-15H2,1-5H3. The summed E-state index contributed by atoms with van der Waals surface area (Å²) in [5.74, 6) is 3.36. The number of benzene rings is 2. The van der Waals surface area contributed by atoms with Gasteiger partial charge in [0, 0.05) is 54.3 Å². The number of aromatic nitrogens is 2. The highest BCUT2D eigenvalue weighted by Gasteiger charge is 2.18. The Labute approximate surface area is 188 Å². The molecule has 170 valence electrons. The van der Waals surface area contributed by atoms with Crippen LogP contribution < -0.4 is 23.8 Å². The van der Waals surface area contributed by atoms with Crippen LogP contribution in [0.5, 0.6) is 23.0 Å². The van der Waals surface area contributed by atoms with E-state index in [9.17, 15) is 5.11 Å². The SMILES string of the molecule is COc1ccc(CN(Cc2ccc(OC)cc2OC)c2ncc(C(C)O)cn2)c(OC)c1. The van der Waals surface area contributed by atoms with E-state index < -0.39 is 6.10 Å². The van der Waals surface area contributed by atoms with Crippen molar-refractivity contribution in [1.82, 2.24) is 9.97 Å². The minimum Gasteiger partial charge on any atom is -0.497 e. The minimum absolute atomic E-state index is 0.483. The average molecular weight is 440 g/mol. The van der Waals surface area contributed by atoms with Crippen LogP contribution in [-0.4, -0.2) is 43.5 Å². The first kappa shape index (κ1) is 23.1. The van der Waals surface area contributed by atoms with Gasteiger partial charge in [-0.25, -0.2) is 9.97 Å². The Bertz CT molecular complexity index is 967. The summed E-state index contributed by atoms with van der Waals surface area (Å²) in [7, 11) is 6.49. The summed E-state index contributed by atoms with van der Waals surface area (Å²) in [5.41, 5.74) is 2.55. The van der Waals surface area contributed by atoms with Gasteiger partial charge in [-0.05, 0) is 31.2 Å². The maximum atomic E-state index is 9.81. The molecule has 1 aromatic heterocycles. The molecular weight excluding hydrogens is 410 g/mol. The van der Waals surface area contributed by atoms with Crippen LogP contribution >= 0.6 is 0 Å². The highest BCUT2D eigenvalue weighted by atomic mass is 16.5. The number of methoxy groups -OCH3 is 4. The number of nitrogens with zero attached hydrogens (tertiary/aromatic N) is 3. The molecule has 0 aliphatic rings. The van der Waals surface area contributed by atoms with E-state index in [2.05, 4.69) is 9.97 Å². The second-order valence-corrected chi connectivity index (χ2v) is 7.20. The Morgan fingerprint density at radius 2 is 1.25 bits per heavy atom. The molecule has 1 atom stereocenters. The molecule has 0 amide bonds. The molecule has 8 heteroatoms. The summed E-state index contributed by atoms with van der Waals surface area (Å²) in [6.07, 6.45) is 2.63. The number of anilines is 1. The van der Waals surface area contributed by atoms with E-state index >= 15 is 0 Å². The van der Waals surface area contributed by atoms with E-state index in [0.717, 1.165) is 11.1 Å². The predicted octanol–water partition coefficient (Wildman–Crippen LogP) is 3.77. The van der Waals surface area contributed by atoms with E-state index in [1.807, 2.05) is 41.3 Å². The lowest BCUT2D eigenvalue weighted by Gasteiger charge is -2.25. The minimum atomic E-state index is -0.638. The summed E-state index contributed by atoms with van der Waals surface area (Å²) >= 11 is 0. The molecule has 0 spiro atoms. The van der Waals surface area contributed by atoms with Gasteiger partial charge in [0.15, 0.2) is 0 Å². The molecule has 0 aliphatic heterocycles. The zero-order valence-corrected chi connectivity index (χ0v) is 19.0. The lowest BCUT2D eigenvalue weighted by molar-refractivity contribution is 0.198. The zero-order chi connectivity index (χ0) is 23.1. The Kier molecular flexibility index (Phi) is 7.72. The molecule has 2 aromatic carbocycles. The summed E-state index contributed by atoms with van der Waals surface area (Å²) in [4.78, 5) is 11.0. The van der Waals surface area contributed by atoms with Crippen LogP contribution in [0.3, 0.4) is 0 Å². The van der Waals surface area contributed by atoms with Crippen LogP contribution in [0.1, 0.15) is 29.7 Å². The van der Waals surface area contributed by atoms with Gasteiger partial charge in [0.05, 0.1) is 34.5 Å². The van der Waals surface area contributed by atoms with Gasteiger partial charge in [0.2, 0.25) is 5.95 Å². The van der Waals surface area contributed by atoms with Gasteiger partial charge >= 0.3 is 0 Å². The zero-order valence-electron chi connectivity index (χ0n) is 19.0. The molecule has 8 nitrogen and oxygen atoms in total. The van der Waals surface area contributed by atoms with Gasteiger partial charge < -0.3 is 29.0 Å². The van der Waals surface area contributed by atoms with Crippen molar-refractivity contribution in [2.75, 3.05) is 33.3 Å². The maximum Gasteiger partial charge on any atom is 0.225 e. The Balaban J connectivity index is 1.98.